The number of pyridine rings is 1. The Bertz CT molecular complexity index is 1050. The molecule has 2 aromatic heterocycles. The lowest BCUT2D eigenvalue weighted by atomic mass is 10.1. The molecule has 15 heteroatoms. The number of hydrogen-bond donors (Lipinski definition) is 2. The van der Waals surface area contributed by atoms with Gasteiger partial charge in [0, 0.05) is 42.2 Å². The van der Waals surface area contributed by atoms with Gasteiger partial charge in [0.2, 0.25) is 5.91 Å². The summed E-state index contributed by atoms with van der Waals surface area (Å²) in [5.74, 6) is -5.24. The van der Waals surface area contributed by atoms with Crippen LogP contribution in [0.2, 0.25) is 0 Å². The fraction of sp³-hybridized carbons (Fsp3) is 0.455. The highest BCUT2D eigenvalue weighted by molar-refractivity contribution is 7.09. The van der Waals surface area contributed by atoms with Crippen LogP contribution < -0.4 is 0 Å². The molecule has 0 saturated carbocycles. The Labute approximate surface area is 211 Å². The van der Waals surface area contributed by atoms with Crippen LogP contribution in [-0.4, -0.2) is 73.8 Å². The van der Waals surface area contributed by atoms with E-state index in [1.807, 2.05) is 25.1 Å². The minimum Gasteiger partial charge on any atom is -0.475 e. The number of thiophene rings is 1. The second-order valence-corrected chi connectivity index (χ2v) is 9.11. The minimum absolute atomic E-state index is 0.277. The predicted octanol–water partition coefficient (Wildman–Crippen LogP) is 4.09. The summed E-state index contributed by atoms with van der Waals surface area (Å²) in [6.45, 7) is 4.70. The third-order valence-corrected chi connectivity index (χ3v) is 6.29. The summed E-state index contributed by atoms with van der Waals surface area (Å²) in [4.78, 5) is 40.8. The van der Waals surface area contributed by atoms with Gasteiger partial charge in [-0.25, -0.2) is 9.59 Å². The molecule has 0 aliphatic carbocycles. The highest BCUT2D eigenvalue weighted by Crippen LogP contribution is 2.34. The number of aliphatic carboxylic acids is 2. The first-order chi connectivity index (χ1) is 17.1. The van der Waals surface area contributed by atoms with Crippen LogP contribution in [0.5, 0.6) is 0 Å². The Morgan fingerprint density at radius 1 is 1.00 bits per heavy atom. The molecule has 2 aromatic rings. The fourth-order valence-corrected chi connectivity index (χ4v) is 4.61. The highest BCUT2D eigenvalue weighted by Gasteiger charge is 2.46. The average Bonchev–Trinajstić information content (AvgIpc) is 3.49. The number of carboxylic acids is 2. The number of aromatic nitrogens is 1. The highest BCUT2D eigenvalue weighted by atomic mass is 32.1. The molecule has 0 radical (unpaired) electrons. The molecular weight excluding hydrogens is 532 g/mol. The van der Waals surface area contributed by atoms with E-state index < -0.39 is 24.3 Å². The number of alkyl halides is 6. The van der Waals surface area contributed by atoms with Crippen LogP contribution >= 0.6 is 11.3 Å². The van der Waals surface area contributed by atoms with E-state index >= 15 is 0 Å². The van der Waals surface area contributed by atoms with Crippen molar-refractivity contribution >= 4 is 29.2 Å². The Hall–Kier alpha value is -3.20. The zero-order valence-electron chi connectivity index (χ0n) is 19.3. The second-order valence-electron chi connectivity index (χ2n) is 8.08. The number of amides is 1. The molecule has 2 aliphatic heterocycles. The van der Waals surface area contributed by atoms with E-state index in [-0.39, 0.29) is 5.91 Å². The molecule has 2 fully saturated rings. The number of carbonyl (C=O) groups is 3. The number of aryl methyl sites for hydroxylation is 1. The third-order valence-electron chi connectivity index (χ3n) is 5.43. The van der Waals surface area contributed by atoms with Crippen LogP contribution in [0.25, 0.3) is 0 Å². The summed E-state index contributed by atoms with van der Waals surface area (Å²) in [6.07, 6.45) is -8.44. The number of likely N-dealkylation sites (tertiary alicyclic amines) is 2. The minimum atomic E-state index is -5.08. The molecule has 4 heterocycles. The average molecular weight is 555 g/mol. The maximum absolute atomic E-state index is 12.5. The molecule has 2 saturated heterocycles. The lowest BCUT2D eigenvalue weighted by molar-refractivity contribution is -0.193. The standard InChI is InChI=1S/C18H21N3OS.2C2HF3O2/c1-13-4-2-5-14(19-13)11-21-16-7-8-20(17(16)10-18(21)22)12-15-6-3-9-23-15;2*3-2(4,5)1(6)7/h2-6,9,16-17H,7-8,10-12H2,1H3;2*(H,6,7)/t16-,17+;;/m0../s1. The van der Waals surface area contributed by atoms with E-state index in [0.29, 0.717) is 25.0 Å². The first-order valence-corrected chi connectivity index (χ1v) is 11.6. The molecule has 1 amide bonds. The Kier molecular flexibility index (Phi) is 10.0. The van der Waals surface area contributed by atoms with Gasteiger partial charge in [0.05, 0.1) is 12.2 Å². The van der Waals surface area contributed by atoms with Crippen molar-refractivity contribution in [1.29, 1.82) is 0 Å². The molecule has 2 atom stereocenters. The Balaban J connectivity index is 0.000000286. The molecule has 4 rings (SSSR count). The van der Waals surface area contributed by atoms with Gasteiger partial charge in [-0.05, 0) is 36.9 Å². The van der Waals surface area contributed by atoms with Gasteiger partial charge in [-0.2, -0.15) is 26.3 Å². The molecule has 2 aliphatic rings. The van der Waals surface area contributed by atoms with Crippen LogP contribution in [0, 0.1) is 6.92 Å². The number of hydrogen-bond acceptors (Lipinski definition) is 6. The SMILES string of the molecule is Cc1cccc(CN2C(=O)C[C@@H]3[C@@H]2CCN3Cc2cccs2)n1.O=C(O)C(F)(F)F.O=C(O)C(F)(F)F. The van der Waals surface area contributed by atoms with Gasteiger partial charge in [-0.1, -0.05) is 12.1 Å². The number of fused-ring (bicyclic) bond motifs is 1. The topological polar surface area (TPSA) is 111 Å². The molecule has 8 nitrogen and oxygen atoms in total. The molecule has 37 heavy (non-hydrogen) atoms. The normalized spacial score (nSPS) is 19.4. The van der Waals surface area contributed by atoms with Crippen molar-refractivity contribution in [2.45, 2.75) is 57.3 Å². The fourth-order valence-electron chi connectivity index (χ4n) is 3.88. The second kappa shape index (κ2) is 12.4. The van der Waals surface area contributed by atoms with Gasteiger partial charge < -0.3 is 15.1 Å². The third kappa shape index (κ3) is 9.00. The monoisotopic (exact) mass is 555 g/mol. The smallest absolute Gasteiger partial charge is 0.475 e. The molecule has 0 aromatic carbocycles. The summed E-state index contributed by atoms with van der Waals surface area (Å²) in [5, 5.41) is 16.4. The number of rotatable bonds is 4. The van der Waals surface area contributed by atoms with E-state index in [9.17, 15) is 31.1 Å². The van der Waals surface area contributed by atoms with Gasteiger partial charge in [-0.3, -0.25) is 14.7 Å². The van der Waals surface area contributed by atoms with Gasteiger partial charge in [0.15, 0.2) is 0 Å². The Morgan fingerprint density at radius 3 is 2.08 bits per heavy atom. The summed E-state index contributed by atoms with van der Waals surface area (Å²) >= 11 is 1.80. The molecule has 204 valence electrons. The van der Waals surface area contributed by atoms with Gasteiger partial charge >= 0.3 is 24.3 Å². The maximum atomic E-state index is 12.5. The predicted molar refractivity (Wildman–Crippen MR) is 118 cm³/mol. The van der Waals surface area contributed by atoms with Crippen LogP contribution in [0.3, 0.4) is 0 Å². The summed E-state index contributed by atoms with van der Waals surface area (Å²) < 4.78 is 63.5. The molecule has 0 unspecified atom stereocenters. The first kappa shape index (κ1) is 30.0. The lowest BCUT2D eigenvalue weighted by Crippen LogP contribution is -2.36. The number of halogens is 6. The maximum Gasteiger partial charge on any atom is 0.490 e. The van der Waals surface area contributed by atoms with Crippen LogP contribution in [0.1, 0.15) is 29.1 Å². The van der Waals surface area contributed by atoms with Crippen molar-refractivity contribution < 1.29 is 50.9 Å². The van der Waals surface area contributed by atoms with E-state index in [1.54, 1.807) is 11.3 Å². The zero-order valence-corrected chi connectivity index (χ0v) is 20.1. The van der Waals surface area contributed by atoms with E-state index in [0.717, 1.165) is 30.9 Å². The summed E-state index contributed by atoms with van der Waals surface area (Å²) in [5.41, 5.74) is 2.01. The van der Waals surface area contributed by atoms with Crippen molar-refractivity contribution in [2.24, 2.45) is 0 Å². The number of nitrogens with zero attached hydrogens (tertiary/aromatic N) is 3. The first-order valence-electron chi connectivity index (χ1n) is 10.7. The Morgan fingerprint density at radius 2 is 1.59 bits per heavy atom. The van der Waals surface area contributed by atoms with Crippen LogP contribution in [-0.2, 0) is 27.5 Å². The molecule has 0 bridgehead atoms. The lowest BCUT2D eigenvalue weighted by Gasteiger charge is -2.25. The van der Waals surface area contributed by atoms with Crippen LogP contribution in [0.15, 0.2) is 35.7 Å². The van der Waals surface area contributed by atoms with Crippen molar-refractivity contribution in [2.75, 3.05) is 6.54 Å². The van der Waals surface area contributed by atoms with E-state index in [2.05, 4.69) is 32.3 Å². The molecular formula is C22H23F6N3O5S. The largest absolute Gasteiger partial charge is 0.490 e. The van der Waals surface area contributed by atoms with Crippen molar-refractivity contribution in [3.8, 4) is 0 Å². The molecule has 2 N–H and O–H groups in total. The van der Waals surface area contributed by atoms with E-state index in [1.165, 1.54) is 4.88 Å². The van der Waals surface area contributed by atoms with E-state index in [4.69, 9.17) is 19.8 Å². The zero-order chi connectivity index (χ0) is 28.0. The van der Waals surface area contributed by atoms with Crippen LogP contribution in [0.4, 0.5) is 26.3 Å². The number of carboxylic acid groups (broad SMARTS) is 2. The quantitative estimate of drug-likeness (QED) is 0.547. The van der Waals surface area contributed by atoms with Gasteiger partial charge in [-0.15, -0.1) is 11.3 Å². The summed E-state index contributed by atoms with van der Waals surface area (Å²) in [7, 11) is 0. The van der Waals surface area contributed by atoms with Crippen molar-refractivity contribution in [3.05, 3.63) is 52.0 Å². The summed E-state index contributed by atoms with van der Waals surface area (Å²) in [6, 6.07) is 11.0. The van der Waals surface area contributed by atoms with Gasteiger partial charge in [0.25, 0.3) is 0 Å². The van der Waals surface area contributed by atoms with Gasteiger partial charge in [0.1, 0.15) is 0 Å². The van der Waals surface area contributed by atoms with Crippen molar-refractivity contribution in [3.63, 3.8) is 0 Å². The van der Waals surface area contributed by atoms with Crippen molar-refractivity contribution in [1.82, 2.24) is 14.8 Å². The molecule has 0 spiro atoms. The number of carbonyl (C=O) groups excluding carboxylic acids is 1.